The van der Waals surface area contributed by atoms with Gasteiger partial charge in [0.05, 0.1) is 12.2 Å². The number of aromatic nitrogens is 2. The maximum absolute atomic E-state index is 9.95. The summed E-state index contributed by atoms with van der Waals surface area (Å²) in [7, 11) is 7.09. The Morgan fingerprint density at radius 1 is 1.19 bits per heavy atom. The number of nitrogens with zero attached hydrogens (tertiary/aromatic N) is 5. The van der Waals surface area contributed by atoms with Crippen molar-refractivity contribution in [3.8, 4) is 11.6 Å². The standard InChI is InChI=1S/C14H17N5O2/c1-18(2)10-5-6-11(12(20)9-10)15-16-13-7-8-14(21-4)17-19(13)3/h5-9H,1-4H3/p+1. The van der Waals surface area contributed by atoms with Crippen LogP contribution in [0.15, 0.2) is 40.6 Å². The van der Waals surface area contributed by atoms with Gasteiger partial charge in [-0.1, -0.05) is 0 Å². The molecule has 0 amide bonds. The highest BCUT2D eigenvalue weighted by Crippen LogP contribution is 2.31. The molecular formula is C14H18N5O2+. The summed E-state index contributed by atoms with van der Waals surface area (Å²) < 4.78 is 6.57. The topological polar surface area (TPSA) is 74.2 Å². The second-order valence-corrected chi connectivity index (χ2v) is 4.62. The molecule has 0 aliphatic rings. The van der Waals surface area contributed by atoms with E-state index in [1.54, 1.807) is 43.1 Å². The third-order valence-electron chi connectivity index (χ3n) is 2.90. The first-order valence-electron chi connectivity index (χ1n) is 6.34. The van der Waals surface area contributed by atoms with Gasteiger partial charge in [0.2, 0.25) is 0 Å². The van der Waals surface area contributed by atoms with E-state index in [4.69, 9.17) is 4.74 Å². The predicted molar refractivity (Wildman–Crippen MR) is 78.6 cm³/mol. The lowest BCUT2D eigenvalue weighted by atomic mass is 10.2. The second-order valence-electron chi connectivity index (χ2n) is 4.62. The molecule has 0 saturated carbocycles. The average molecular weight is 288 g/mol. The Balaban J connectivity index is 2.25. The van der Waals surface area contributed by atoms with Crippen molar-refractivity contribution in [3.05, 3.63) is 30.3 Å². The Morgan fingerprint density at radius 3 is 2.52 bits per heavy atom. The first-order valence-corrected chi connectivity index (χ1v) is 6.34. The van der Waals surface area contributed by atoms with E-state index in [1.807, 2.05) is 25.1 Å². The molecule has 1 heterocycles. The van der Waals surface area contributed by atoms with Gasteiger partial charge in [0.1, 0.15) is 12.8 Å². The summed E-state index contributed by atoms with van der Waals surface area (Å²) in [5.41, 5.74) is 1.29. The van der Waals surface area contributed by atoms with E-state index < -0.39 is 0 Å². The van der Waals surface area contributed by atoms with Crippen molar-refractivity contribution in [3.63, 3.8) is 0 Å². The van der Waals surface area contributed by atoms with Crippen molar-refractivity contribution >= 4 is 17.2 Å². The molecule has 0 fully saturated rings. The van der Waals surface area contributed by atoms with Gasteiger partial charge in [-0.05, 0) is 22.3 Å². The van der Waals surface area contributed by atoms with Gasteiger partial charge < -0.3 is 14.7 Å². The predicted octanol–water partition coefficient (Wildman–Crippen LogP) is 2.10. The second kappa shape index (κ2) is 6.17. The Kier molecular flexibility index (Phi) is 4.32. The van der Waals surface area contributed by atoms with Gasteiger partial charge in [-0.25, -0.2) is 0 Å². The molecule has 0 bridgehead atoms. The molecule has 0 unspecified atom stereocenters. The summed E-state index contributed by atoms with van der Waals surface area (Å²) in [5, 5.41) is 22.2. The Hall–Kier alpha value is -2.70. The maximum Gasteiger partial charge on any atom is 0.370 e. The molecule has 1 N–H and O–H groups in total. The molecule has 2 aromatic rings. The Morgan fingerprint density at radius 2 is 1.95 bits per heavy atom. The zero-order chi connectivity index (χ0) is 15.4. The molecule has 0 atom stereocenters. The SMILES string of the molecule is COc1ccc(N=Nc2ccc(N(C)C)cc2O)[n+](C)n1. The van der Waals surface area contributed by atoms with E-state index in [9.17, 15) is 5.11 Å². The molecule has 1 aromatic carbocycles. The molecule has 21 heavy (non-hydrogen) atoms. The van der Waals surface area contributed by atoms with Gasteiger partial charge in [0.15, 0.2) is 5.69 Å². The maximum atomic E-state index is 9.95. The Bertz CT molecular complexity index is 670. The summed E-state index contributed by atoms with van der Waals surface area (Å²) in [4.78, 5) is 1.90. The quantitative estimate of drug-likeness (QED) is 0.690. The van der Waals surface area contributed by atoms with Crippen molar-refractivity contribution in [1.82, 2.24) is 5.10 Å². The number of aryl methyl sites for hydroxylation is 1. The van der Waals surface area contributed by atoms with Crippen LogP contribution in [0, 0.1) is 0 Å². The van der Waals surface area contributed by atoms with Gasteiger partial charge in [0.25, 0.3) is 5.88 Å². The molecule has 7 nitrogen and oxygen atoms in total. The third kappa shape index (κ3) is 3.44. The van der Waals surface area contributed by atoms with Crippen LogP contribution in [0.2, 0.25) is 0 Å². The fraction of sp³-hybridized carbons (Fsp3) is 0.286. The number of ether oxygens (including phenoxy) is 1. The van der Waals surface area contributed by atoms with Gasteiger partial charge in [0, 0.05) is 38.0 Å². The minimum atomic E-state index is 0.0778. The molecule has 0 saturated heterocycles. The first-order chi connectivity index (χ1) is 10.0. The highest BCUT2D eigenvalue weighted by atomic mass is 16.5. The number of anilines is 1. The van der Waals surface area contributed by atoms with Crippen LogP contribution in [0.3, 0.4) is 0 Å². The number of benzene rings is 1. The molecular weight excluding hydrogens is 270 g/mol. The van der Waals surface area contributed by atoms with Crippen LogP contribution in [0.5, 0.6) is 11.6 Å². The number of hydrogen-bond acceptors (Lipinski definition) is 6. The van der Waals surface area contributed by atoms with Crippen LogP contribution in [0.4, 0.5) is 17.2 Å². The molecule has 110 valence electrons. The van der Waals surface area contributed by atoms with E-state index in [0.29, 0.717) is 17.4 Å². The van der Waals surface area contributed by atoms with Gasteiger partial charge >= 0.3 is 5.82 Å². The summed E-state index contributed by atoms with van der Waals surface area (Å²) in [6.07, 6.45) is 0. The number of phenolic OH excluding ortho intramolecular Hbond substituents is 1. The van der Waals surface area contributed by atoms with Crippen molar-refractivity contribution in [1.29, 1.82) is 0 Å². The van der Waals surface area contributed by atoms with Crippen molar-refractivity contribution in [2.24, 2.45) is 17.3 Å². The molecule has 0 aliphatic heterocycles. The lowest BCUT2D eigenvalue weighted by Gasteiger charge is -2.12. The lowest BCUT2D eigenvalue weighted by Crippen LogP contribution is -2.33. The summed E-state index contributed by atoms with van der Waals surface area (Å²) in [6.45, 7) is 0. The normalized spacial score (nSPS) is 10.9. The minimum Gasteiger partial charge on any atom is -0.505 e. The van der Waals surface area contributed by atoms with Crippen LogP contribution >= 0.6 is 0 Å². The highest BCUT2D eigenvalue weighted by molar-refractivity contribution is 5.60. The van der Waals surface area contributed by atoms with Gasteiger partial charge in [-0.3, -0.25) is 0 Å². The molecule has 0 spiro atoms. The largest absolute Gasteiger partial charge is 0.505 e. The number of phenols is 1. The van der Waals surface area contributed by atoms with E-state index in [0.717, 1.165) is 5.69 Å². The molecule has 7 heteroatoms. The number of azo groups is 1. The average Bonchev–Trinajstić information content (AvgIpc) is 2.46. The first kappa shape index (κ1) is 14.7. The van der Waals surface area contributed by atoms with Crippen LogP contribution in [0.1, 0.15) is 0 Å². The molecule has 0 radical (unpaired) electrons. The monoisotopic (exact) mass is 288 g/mol. The summed E-state index contributed by atoms with van der Waals surface area (Å²) >= 11 is 0. The van der Waals surface area contributed by atoms with Gasteiger partial charge in [-0.2, -0.15) is 0 Å². The zero-order valence-electron chi connectivity index (χ0n) is 12.5. The Labute approximate surface area is 123 Å². The zero-order valence-corrected chi connectivity index (χ0v) is 12.5. The summed E-state index contributed by atoms with van der Waals surface area (Å²) in [5.74, 6) is 1.12. The third-order valence-corrected chi connectivity index (χ3v) is 2.90. The van der Waals surface area contributed by atoms with Crippen LogP contribution < -0.4 is 14.3 Å². The minimum absolute atomic E-state index is 0.0778. The van der Waals surface area contributed by atoms with Crippen molar-refractivity contribution in [2.75, 3.05) is 26.1 Å². The molecule has 1 aromatic heterocycles. The van der Waals surface area contributed by atoms with E-state index in [-0.39, 0.29) is 5.75 Å². The summed E-state index contributed by atoms with van der Waals surface area (Å²) in [6, 6.07) is 8.65. The number of hydrogen-bond donors (Lipinski definition) is 1. The fourth-order valence-electron chi connectivity index (χ4n) is 1.67. The number of rotatable bonds is 4. The van der Waals surface area contributed by atoms with E-state index in [1.165, 1.54) is 0 Å². The molecule has 0 aliphatic carbocycles. The van der Waals surface area contributed by atoms with Crippen LogP contribution in [-0.4, -0.2) is 31.4 Å². The smallest absolute Gasteiger partial charge is 0.370 e. The van der Waals surface area contributed by atoms with Crippen molar-refractivity contribution in [2.45, 2.75) is 0 Å². The van der Waals surface area contributed by atoms with Crippen molar-refractivity contribution < 1.29 is 14.5 Å². The fourth-order valence-corrected chi connectivity index (χ4v) is 1.67. The van der Waals surface area contributed by atoms with E-state index in [2.05, 4.69) is 15.3 Å². The van der Waals surface area contributed by atoms with Crippen LogP contribution in [-0.2, 0) is 7.05 Å². The van der Waals surface area contributed by atoms with Crippen LogP contribution in [0.25, 0.3) is 0 Å². The number of methoxy groups -OCH3 is 1. The molecule has 2 rings (SSSR count). The van der Waals surface area contributed by atoms with E-state index >= 15 is 0 Å². The number of aromatic hydroxyl groups is 1. The highest BCUT2D eigenvalue weighted by Gasteiger charge is 2.11. The lowest BCUT2D eigenvalue weighted by molar-refractivity contribution is -0.718. The van der Waals surface area contributed by atoms with Gasteiger partial charge in [-0.15, -0.1) is 4.68 Å².